The third-order valence-corrected chi connectivity index (χ3v) is 3.17. The lowest BCUT2D eigenvalue weighted by Crippen LogP contribution is -1.87. The van der Waals surface area contributed by atoms with Gasteiger partial charge in [-0.3, -0.25) is 0 Å². The van der Waals surface area contributed by atoms with Crippen LogP contribution in [0.1, 0.15) is 17.6 Å². The van der Waals surface area contributed by atoms with Gasteiger partial charge in [-0.2, -0.15) is 0 Å². The molecule has 1 aromatic carbocycles. The lowest BCUT2D eigenvalue weighted by molar-refractivity contribution is 0.153. The van der Waals surface area contributed by atoms with E-state index >= 15 is 0 Å². The van der Waals surface area contributed by atoms with Gasteiger partial charge >= 0.3 is 0 Å². The molecule has 0 aliphatic heterocycles. The molecule has 0 saturated heterocycles. The smallest absolute Gasteiger partial charge is 0.265 e. The number of rotatable bonds is 1. The van der Waals surface area contributed by atoms with E-state index in [0.717, 1.165) is 10.9 Å². The van der Waals surface area contributed by atoms with Crippen LogP contribution in [0.3, 0.4) is 0 Å². The van der Waals surface area contributed by atoms with Crippen molar-refractivity contribution in [1.82, 2.24) is 0 Å². The molecular formula is C10H9F2NS. The lowest BCUT2D eigenvalue weighted by atomic mass is 10.1. The molecule has 2 aromatic rings. The van der Waals surface area contributed by atoms with Crippen LogP contribution in [0, 0.1) is 6.92 Å². The summed E-state index contributed by atoms with van der Waals surface area (Å²) in [4.78, 5) is 0. The maximum atomic E-state index is 12.7. The van der Waals surface area contributed by atoms with Gasteiger partial charge in [0.1, 0.15) is 0 Å². The van der Waals surface area contributed by atoms with E-state index in [1.807, 2.05) is 6.07 Å². The number of fused-ring (bicyclic) bond motifs is 1. The Bertz CT molecular complexity index is 476. The van der Waals surface area contributed by atoms with E-state index in [2.05, 4.69) is 0 Å². The van der Waals surface area contributed by atoms with Crippen molar-refractivity contribution >= 4 is 27.1 Å². The number of anilines is 1. The first-order chi connectivity index (χ1) is 6.59. The zero-order valence-electron chi connectivity index (χ0n) is 7.55. The number of alkyl halides is 2. The Labute approximate surface area is 84.2 Å². The average molecular weight is 213 g/mol. The zero-order chi connectivity index (χ0) is 10.3. The Kier molecular flexibility index (Phi) is 2.15. The van der Waals surface area contributed by atoms with Crippen molar-refractivity contribution in [3.8, 4) is 0 Å². The van der Waals surface area contributed by atoms with Crippen LogP contribution >= 0.6 is 11.3 Å². The van der Waals surface area contributed by atoms with E-state index < -0.39 is 6.43 Å². The molecule has 0 unspecified atom stereocenters. The van der Waals surface area contributed by atoms with Gasteiger partial charge in [-0.05, 0) is 24.6 Å². The van der Waals surface area contributed by atoms with Crippen molar-refractivity contribution in [3.05, 3.63) is 28.6 Å². The molecule has 0 spiro atoms. The van der Waals surface area contributed by atoms with Gasteiger partial charge < -0.3 is 5.73 Å². The van der Waals surface area contributed by atoms with Crippen molar-refractivity contribution in [1.29, 1.82) is 0 Å². The van der Waals surface area contributed by atoms with Gasteiger partial charge in [0.15, 0.2) is 0 Å². The fourth-order valence-electron chi connectivity index (χ4n) is 1.50. The van der Waals surface area contributed by atoms with Gasteiger partial charge in [0.05, 0.1) is 5.69 Å². The summed E-state index contributed by atoms with van der Waals surface area (Å²) in [5, 5.41) is 2.45. The van der Waals surface area contributed by atoms with Crippen LogP contribution in [-0.2, 0) is 0 Å². The van der Waals surface area contributed by atoms with E-state index in [1.54, 1.807) is 12.3 Å². The molecule has 2 rings (SSSR count). The molecule has 0 aliphatic rings. The molecule has 1 heterocycles. The SMILES string of the molecule is Cc1cc(C(F)F)c2scc(N)c2c1. The molecule has 0 aliphatic carbocycles. The number of benzene rings is 1. The van der Waals surface area contributed by atoms with Crippen molar-refractivity contribution in [2.24, 2.45) is 0 Å². The number of hydrogen-bond donors (Lipinski definition) is 1. The van der Waals surface area contributed by atoms with E-state index in [1.165, 1.54) is 17.4 Å². The highest BCUT2D eigenvalue weighted by Gasteiger charge is 2.14. The molecule has 1 nitrogen and oxygen atoms in total. The van der Waals surface area contributed by atoms with Crippen LogP contribution in [0.2, 0.25) is 0 Å². The zero-order valence-corrected chi connectivity index (χ0v) is 8.37. The molecule has 2 N–H and O–H groups in total. The quantitative estimate of drug-likeness (QED) is 0.767. The number of nitrogens with two attached hydrogens (primary N) is 1. The van der Waals surface area contributed by atoms with Gasteiger partial charge in [-0.1, -0.05) is 0 Å². The molecule has 0 radical (unpaired) electrons. The average Bonchev–Trinajstić information content (AvgIpc) is 2.47. The molecule has 4 heteroatoms. The summed E-state index contributed by atoms with van der Waals surface area (Å²) >= 11 is 1.27. The van der Waals surface area contributed by atoms with Crippen LogP contribution < -0.4 is 5.73 Å². The monoisotopic (exact) mass is 213 g/mol. The predicted octanol–water partition coefficient (Wildman–Crippen LogP) is 3.73. The maximum Gasteiger partial charge on any atom is 0.265 e. The third-order valence-electron chi connectivity index (χ3n) is 2.11. The lowest BCUT2D eigenvalue weighted by Gasteiger charge is -2.03. The summed E-state index contributed by atoms with van der Waals surface area (Å²) in [5.41, 5.74) is 7.16. The molecular weight excluding hydrogens is 204 g/mol. The van der Waals surface area contributed by atoms with Crippen LogP contribution in [-0.4, -0.2) is 0 Å². The van der Waals surface area contributed by atoms with Crippen LogP contribution in [0.5, 0.6) is 0 Å². The van der Waals surface area contributed by atoms with E-state index in [4.69, 9.17) is 5.73 Å². The summed E-state index contributed by atoms with van der Waals surface area (Å²) in [5.74, 6) is 0. The summed E-state index contributed by atoms with van der Waals surface area (Å²) in [7, 11) is 0. The molecule has 0 amide bonds. The summed E-state index contributed by atoms with van der Waals surface area (Å²) in [6, 6.07) is 3.36. The minimum Gasteiger partial charge on any atom is -0.398 e. The molecule has 0 bridgehead atoms. The van der Waals surface area contributed by atoms with E-state index in [-0.39, 0.29) is 5.56 Å². The first kappa shape index (κ1) is 9.40. The molecule has 0 fully saturated rings. The predicted molar refractivity (Wildman–Crippen MR) is 55.9 cm³/mol. The second-order valence-corrected chi connectivity index (χ2v) is 4.10. The summed E-state index contributed by atoms with van der Waals surface area (Å²) in [6.45, 7) is 1.79. The Balaban J connectivity index is 2.82. The summed E-state index contributed by atoms with van der Waals surface area (Å²) < 4.78 is 25.9. The number of hydrogen-bond acceptors (Lipinski definition) is 2. The van der Waals surface area contributed by atoms with Gasteiger partial charge in [0.2, 0.25) is 0 Å². The van der Waals surface area contributed by atoms with Crippen LogP contribution in [0.15, 0.2) is 17.5 Å². The number of halogens is 2. The molecule has 1 aromatic heterocycles. The highest BCUT2D eigenvalue weighted by atomic mass is 32.1. The van der Waals surface area contributed by atoms with Gasteiger partial charge in [-0.15, -0.1) is 11.3 Å². The Hall–Kier alpha value is -1.16. The van der Waals surface area contributed by atoms with Gasteiger partial charge in [0.25, 0.3) is 6.43 Å². The second kappa shape index (κ2) is 3.20. The van der Waals surface area contributed by atoms with Crippen molar-refractivity contribution < 1.29 is 8.78 Å². The van der Waals surface area contributed by atoms with Crippen LogP contribution in [0.4, 0.5) is 14.5 Å². The van der Waals surface area contributed by atoms with Crippen molar-refractivity contribution in [2.45, 2.75) is 13.3 Å². The van der Waals surface area contributed by atoms with Gasteiger partial charge in [0, 0.05) is 21.0 Å². The fraction of sp³-hybridized carbons (Fsp3) is 0.200. The topological polar surface area (TPSA) is 26.0 Å². The number of nitrogen functional groups attached to an aromatic ring is 1. The van der Waals surface area contributed by atoms with Gasteiger partial charge in [-0.25, -0.2) is 8.78 Å². The second-order valence-electron chi connectivity index (χ2n) is 3.22. The Morgan fingerprint density at radius 3 is 2.71 bits per heavy atom. The minimum absolute atomic E-state index is 0.0849. The highest BCUT2D eigenvalue weighted by Crippen LogP contribution is 2.36. The first-order valence-electron chi connectivity index (χ1n) is 4.15. The number of thiophene rings is 1. The largest absolute Gasteiger partial charge is 0.398 e. The molecule has 0 atom stereocenters. The van der Waals surface area contributed by atoms with Crippen molar-refractivity contribution in [3.63, 3.8) is 0 Å². The van der Waals surface area contributed by atoms with Crippen LogP contribution in [0.25, 0.3) is 10.1 Å². The molecule has 74 valence electrons. The summed E-state index contributed by atoms with van der Waals surface area (Å²) in [6.07, 6.45) is -2.43. The minimum atomic E-state index is -2.43. The molecule has 14 heavy (non-hydrogen) atoms. The fourth-order valence-corrected chi connectivity index (χ4v) is 2.45. The van der Waals surface area contributed by atoms with E-state index in [9.17, 15) is 8.78 Å². The normalized spacial score (nSPS) is 11.4. The highest BCUT2D eigenvalue weighted by molar-refractivity contribution is 7.18. The molecule has 0 saturated carbocycles. The standard InChI is InChI=1S/C10H9F2NS/c1-5-2-6-8(13)4-14-9(6)7(3-5)10(11)12/h2-4,10H,13H2,1H3. The Morgan fingerprint density at radius 1 is 1.36 bits per heavy atom. The Morgan fingerprint density at radius 2 is 2.07 bits per heavy atom. The third kappa shape index (κ3) is 1.35. The van der Waals surface area contributed by atoms with Crippen molar-refractivity contribution in [2.75, 3.05) is 5.73 Å². The van der Waals surface area contributed by atoms with E-state index in [0.29, 0.717) is 10.4 Å². The maximum absolute atomic E-state index is 12.7. The first-order valence-corrected chi connectivity index (χ1v) is 5.03. The number of aryl methyl sites for hydroxylation is 1.